The van der Waals surface area contributed by atoms with Gasteiger partial charge in [0.15, 0.2) is 0 Å². The Kier molecular flexibility index (Phi) is 4.60. The molecular formula is C19H21ClFN3O3. The van der Waals surface area contributed by atoms with E-state index in [4.69, 9.17) is 11.8 Å². The number of hydrogen-bond acceptors (Lipinski definition) is 4. The highest BCUT2D eigenvalue weighted by Crippen LogP contribution is 2.39. The molecule has 1 aromatic carbocycles. The molecule has 6 nitrogen and oxygen atoms in total. The van der Waals surface area contributed by atoms with Crippen LogP contribution in [0.1, 0.15) is 47.6 Å². The summed E-state index contributed by atoms with van der Waals surface area (Å²) in [6.07, 6.45) is 3.45. The van der Waals surface area contributed by atoms with E-state index in [9.17, 15) is 14.7 Å². The molecule has 2 aromatic rings. The Hall–Kier alpha value is -2.12. The summed E-state index contributed by atoms with van der Waals surface area (Å²) >= 11 is 5.78. The predicted octanol–water partition coefficient (Wildman–Crippen LogP) is 3.19. The van der Waals surface area contributed by atoms with Crippen LogP contribution in [0, 0.1) is 12.7 Å². The van der Waals surface area contributed by atoms with Gasteiger partial charge in [-0.15, -0.1) is 0 Å². The molecule has 1 aromatic heterocycles. The Balaban J connectivity index is 1.95. The van der Waals surface area contributed by atoms with Gasteiger partial charge in [-0.2, -0.15) is 0 Å². The van der Waals surface area contributed by atoms with Crippen molar-refractivity contribution in [2.45, 2.75) is 44.7 Å². The summed E-state index contributed by atoms with van der Waals surface area (Å²) in [5, 5.41) is 9.82. The summed E-state index contributed by atoms with van der Waals surface area (Å²) in [5.74, 6) is -1.70. The van der Waals surface area contributed by atoms with Crippen LogP contribution in [0.25, 0.3) is 10.9 Å². The molecule has 1 saturated carbocycles. The number of carbonyl (C=O) groups is 1. The molecule has 4 rings (SSSR count). The first-order valence-corrected chi connectivity index (χ1v) is 9.53. The predicted molar refractivity (Wildman–Crippen MR) is 102 cm³/mol. The van der Waals surface area contributed by atoms with Crippen molar-refractivity contribution >= 4 is 34.3 Å². The zero-order chi connectivity index (χ0) is 19.3. The lowest BCUT2D eigenvalue weighted by molar-refractivity contribution is 0.0694. The summed E-state index contributed by atoms with van der Waals surface area (Å²) in [7, 11) is 0. The number of anilines is 1. The fourth-order valence-electron chi connectivity index (χ4n) is 4.15. The largest absolute Gasteiger partial charge is 0.477 e. The minimum absolute atomic E-state index is 0.0186. The average molecular weight is 394 g/mol. The number of fused-ring (bicyclic) bond motifs is 1. The molecule has 1 atom stereocenters. The van der Waals surface area contributed by atoms with Crippen molar-refractivity contribution in [1.29, 1.82) is 0 Å². The van der Waals surface area contributed by atoms with Crippen LogP contribution < -0.4 is 15.3 Å². The van der Waals surface area contributed by atoms with E-state index in [-0.39, 0.29) is 17.6 Å². The number of carboxylic acids is 1. The van der Waals surface area contributed by atoms with Crippen LogP contribution in [0.4, 0.5) is 10.1 Å². The number of hydrogen-bond donors (Lipinski definition) is 2. The van der Waals surface area contributed by atoms with Crippen LogP contribution in [-0.4, -0.2) is 34.8 Å². The first kappa shape index (κ1) is 18.3. The first-order valence-electron chi connectivity index (χ1n) is 9.15. The molecule has 1 aliphatic heterocycles. The number of pyridine rings is 1. The normalized spacial score (nSPS) is 20.3. The topological polar surface area (TPSA) is 74.6 Å². The van der Waals surface area contributed by atoms with Gasteiger partial charge >= 0.3 is 5.97 Å². The van der Waals surface area contributed by atoms with Crippen LogP contribution in [0.5, 0.6) is 0 Å². The van der Waals surface area contributed by atoms with Crippen LogP contribution in [0.3, 0.4) is 0 Å². The second-order valence-corrected chi connectivity index (χ2v) is 7.65. The number of piperidine rings is 1. The number of aromatic nitrogens is 1. The number of nitrogens with one attached hydrogen (secondary N) is 1. The first-order chi connectivity index (χ1) is 12.9. The Morgan fingerprint density at radius 1 is 1.33 bits per heavy atom. The third-order valence-electron chi connectivity index (χ3n) is 5.52. The highest BCUT2D eigenvalue weighted by Gasteiger charge is 2.31. The van der Waals surface area contributed by atoms with Crippen LogP contribution in [0.2, 0.25) is 0 Å². The maximum atomic E-state index is 15.0. The second-order valence-electron chi connectivity index (χ2n) is 7.43. The third kappa shape index (κ3) is 3.08. The number of nitrogens with zero attached hydrogens (tertiary/aromatic N) is 2. The minimum Gasteiger partial charge on any atom is -0.477 e. The number of aromatic carboxylic acids is 1. The zero-order valence-corrected chi connectivity index (χ0v) is 15.7. The van der Waals surface area contributed by atoms with Crippen LogP contribution >= 0.6 is 11.8 Å². The molecule has 0 amide bonds. The highest BCUT2D eigenvalue weighted by molar-refractivity contribution is 6.13. The van der Waals surface area contributed by atoms with Gasteiger partial charge in [0, 0.05) is 30.6 Å². The molecule has 2 fully saturated rings. The lowest BCUT2D eigenvalue weighted by Crippen LogP contribution is -2.43. The summed E-state index contributed by atoms with van der Waals surface area (Å²) in [6.45, 7) is 3.09. The minimum atomic E-state index is -1.29. The van der Waals surface area contributed by atoms with Gasteiger partial charge in [0.1, 0.15) is 11.4 Å². The van der Waals surface area contributed by atoms with Crippen molar-refractivity contribution in [1.82, 2.24) is 9.40 Å². The Morgan fingerprint density at radius 2 is 2.07 bits per heavy atom. The van der Waals surface area contributed by atoms with E-state index in [2.05, 4.69) is 4.84 Å². The summed E-state index contributed by atoms with van der Waals surface area (Å²) in [5.41, 5.74) is 0.935. The fourth-order valence-corrected chi connectivity index (χ4v) is 4.33. The molecule has 27 heavy (non-hydrogen) atoms. The maximum Gasteiger partial charge on any atom is 0.341 e. The van der Waals surface area contributed by atoms with Crippen molar-refractivity contribution in [3.63, 3.8) is 0 Å². The molecule has 1 aliphatic carbocycles. The lowest BCUT2D eigenvalue weighted by Gasteiger charge is -2.35. The SMILES string of the molecule is Cc1c(N2CCCC(NCl)C2)c(F)cc2cc(C(=O)O)c(=O)n(C3CC3)c12. The molecule has 2 aliphatic rings. The van der Waals surface area contributed by atoms with Gasteiger partial charge in [0.05, 0.1) is 11.2 Å². The Bertz CT molecular complexity index is 987. The quantitative estimate of drug-likeness (QED) is 0.780. The number of carboxylic acid groups (broad SMARTS) is 1. The molecule has 2 heterocycles. The average Bonchev–Trinajstić information content (AvgIpc) is 3.46. The molecule has 0 radical (unpaired) electrons. The van der Waals surface area contributed by atoms with Gasteiger partial charge < -0.3 is 14.6 Å². The van der Waals surface area contributed by atoms with Gasteiger partial charge in [-0.05, 0) is 62.1 Å². The number of benzene rings is 1. The Morgan fingerprint density at radius 3 is 2.70 bits per heavy atom. The molecule has 144 valence electrons. The monoisotopic (exact) mass is 393 g/mol. The van der Waals surface area contributed by atoms with Gasteiger partial charge in [-0.3, -0.25) is 4.79 Å². The van der Waals surface area contributed by atoms with Crippen molar-refractivity contribution < 1.29 is 14.3 Å². The van der Waals surface area contributed by atoms with E-state index in [0.29, 0.717) is 35.2 Å². The molecule has 0 bridgehead atoms. The van der Waals surface area contributed by atoms with Crippen LogP contribution in [-0.2, 0) is 0 Å². The van der Waals surface area contributed by atoms with Crippen molar-refractivity contribution in [3.8, 4) is 0 Å². The van der Waals surface area contributed by atoms with Gasteiger partial charge in [0.25, 0.3) is 5.56 Å². The number of aryl methyl sites for hydroxylation is 1. The summed E-state index contributed by atoms with van der Waals surface area (Å²) in [4.78, 5) is 29.0. The standard InChI is InChI=1S/C19H21ClFN3O3/c1-10-16-11(7-14(19(26)27)18(25)24(16)13-4-5-13)8-15(21)17(10)23-6-2-3-12(9-23)22-20/h7-8,12-13,22H,2-6,9H2,1H3,(H,26,27). The summed E-state index contributed by atoms with van der Waals surface area (Å²) < 4.78 is 16.6. The molecule has 1 saturated heterocycles. The third-order valence-corrected chi connectivity index (χ3v) is 5.83. The summed E-state index contributed by atoms with van der Waals surface area (Å²) in [6, 6.07) is 2.68. The molecule has 8 heteroatoms. The van der Waals surface area contributed by atoms with Gasteiger partial charge in [-0.1, -0.05) is 0 Å². The number of halogens is 2. The lowest BCUT2D eigenvalue weighted by atomic mass is 10.0. The molecular weight excluding hydrogens is 373 g/mol. The van der Waals surface area contributed by atoms with Gasteiger partial charge in [-0.25, -0.2) is 14.0 Å². The van der Waals surface area contributed by atoms with Crippen molar-refractivity contribution in [2.75, 3.05) is 18.0 Å². The smallest absolute Gasteiger partial charge is 0.341 e. The van der Waals surface area contributed by atoms with Crippen molar-refractivity contribution in [2.24, 2.45) is 0 Å². The van der Waals surface area contributed by atoms with Gasteiger partial charge in [0.2, 0.25) is 0 Å². The highest BCUT2D eigenvalue weighted by atomic mass is 35.5. The maximum absolute atomic E-state index is 15.0. The molecule has 1 unspecified atom stereocenters. The zero-order valence-electron chi connectivity index (χ0n) is 15.0. The van der Waals surface area contributed by atoms with E-state index in [0.717, 1.165) is 25.7 Å². The van der Waals surface area contributed by atoms with Crippen LogP contribution in [0.15, 0.2) is 16.9 Å². The Labute approximate surface area is 160 Å². The van der Waals surface area contributed by atoms with E-state index in [1.54, 1.807) is 11.5 Å². The van der Waals surface area contributed by atoms with E-state index in [1.165, 1.54) is 12.1 Å². The van der Waals surface area contributed by atoms with E-state index >= 15 is 4.39 Å². The van der Waals surface area contributed by atoms with Crippen molar-refractivity contribution in [3.05, 3.63) is 39.4 Å². The van der Waals surface area contributed by atoms with E-state index in [1.807, 2.05) is 4.90 Å². The second kappa shape index (κ2) is 6.80. The molecule has 0 spiro atoms. The van der Waals surface area contributed by atoms with E-state index < -0.39 is 17.3 Å². The fraction of sp³-hybridized carbons (Fsp3) is 0.474. The number of rotatable bonds is 4. The molecule has 2 N–H and O–H groups in total.